The number of carbonyl (C=O) groups excluding carboxylic acids is 1. The fourth-order valence-electron chi connectivity index (χ4n) is 3.72. The number of fused-ring (bicyclic) bond motifs is 2. The molecule has 6 nitrogen and oxygen atoms in total. The topological polar surface area (TPSA) is 63.9 Å². The van der Waals surface area contributed by atoms with Gasteiger partial charge in [-0.1, -0.05) is 35.1 Å². The molecular weight excluding hydrogens is 462 g/mol. The molecule has 1 amide bonds. The number of thiazole rings is 2. The van der Waals surface area contributed by atoms with Gasteiger partial charge in [0.05, 0.1) is 32.7 Å². The number of aromatic nitrogens is 4. The van der Waals surface area contributed by atoms with Crippen molar-refractivity contribution >= 4 is 65.7 Å². The molecule has 0 atom stereocenters. The zero-order chi connectivity index (χ0) is 22.4. The second kappa shape index (κ2) is 8.27. The van der Waals surface area contributed by atoms with Crippen molar-refractivity contribution < 1.29 is 4.79 Å². The van der Waals surface area contributed by atoms with Crippen LogP contribution in [-0.4, -0.2) is 32.2 Å². The van der Waals surface area contributed by atoms with E-state index in [4.69, 9.17) is 16.6 Å². The summed E-state index contributed by atoms with van der Waals surface area (Å²) in [6, 6.07) is 13.6. The van der Waals surface area contributed by atoms with Gasteiger partial charge in [-0.15, -0.1) is 11.3 Å². The Hall–Kier alpha value is -2.81. The van der Waals surface area contributed by atoms with Crippen LogP contribution in [0.2, 0.25) is 5.02 Å². The molecule has 0 radical (unpaired) electrons. The maximum Gasteiger partial charge on any atom is 0.289 e. The van der Waals surface area contributed by atoms with E-state index in [1.165, 1.54) is 22.7 Å². The van der Waals surface area contributed by atoms with Gasteiger partial charge in [0.1, 0.15) is 0 Å². The number of carbonyl (C=O) groups is 1. The Morgan fingerprint density at radius 3 is 2.62 bits per heavy atom. The van der Waals surface area contributed by atoms with Crippen LogP contribution in [0.5, 0.6) is 0 Å². The normalized spacial score (nSPS) is 11.5. The first-order valence-corrected chi connectivity index (χ1v) is 12.2. The van der Waals surface area contributed by atoms with Crippen LogP contribution >= 0.6 is 34.3 Å². The number of rotatable bonds is 5. The van der Waals surface area contributed by atoms with E-state index in [0.717, 1.165) is 37.4 Å². The number of benzene rings is 2. The van der Waals surface area contributed by atoms with E-state index in [9.17, 15) is 4.79 Å². The molecule has 3 aromatic heterocycles. The molecular formula is C23H20ClN5OS2. The number of halogens is 1. The molecule has 0 N–H and O–H groups in total. The lowest BCUT2D eigenvalue weighted by atomic mass is 10.2. The van der Waals surface area contributed by atoms with Crippen molar-refractivity contribution in [2.45, 2.75) is 27.3 Å². The van der Waals surface area contributed by atoms with E-state index in [2.05, 4.69) is 10.1 Å². The van der Waals surface area contributed by atoms with Crippen LogP contribution in [0.3, 0.4) is 0 Å². The van der Waals surface area contributed by atoms with Gasteiger partial charge in [0.25, 0.3) is 5.91 Å². The van der Waals surface area contributed by atoms with E-state index in [1.54, 1.807) is 4.90 Å². The summed E-state index contributed by atoms with van der Waals surface area (Å²) in [5.74, 6) is -0.157. The van der Waals surface area contributed by atoms with Gasteiger partial charge in [0.15, 0.2) is 10.1 Å². The van der Waals surface area contributed by atoms with E-state index < -0.39 is 0 Å². The lowest BCUT2D eigenvalue weighted by Crippen LogP contribution is -2.34. The number of aryl methyl sites for hydroxylation is 3. The molecule has 0 bridgehead atoms. The van der Waals surface area contributed by atoms with Crippen molar-refractivity contribution in [3.05, 3.63) is 69.4 Å². The standard InChI is InChI=1S/C23H20ClN5OS2/c1-13-10-16(24)12-19-20(13)26-23(32-19)28(8-9-29-15(3)11-14(2)27-29)22(30)21-25-17-6-4-5-7-18(17)31-21/h4-7,10-12H,8-9H2,1-3H3. The molecule has 5 aromatic rings. The molecule has 0 fully saturated rings. The molecule has 0 aliphatic heterocycles. The van der Waals surface area contributed by atoms with Crippen LogP contribution in [0, 0.1) is 20.8 Å². The number of para-hydroxylation sites is 1. The summed E-state index contributed by atoms with van der Waals surface area (Å²) >= 11 is 9.12. The Morgan fingerprint density at radius 1 is 1.06 bits per heavy atom. The second-order valence-corrected chi connectivity index (χ2v) is 10.1. The molecule has 32 heavy (non-hydrogen) atoms. The minimum absolute atomic E-state index is 0.157. The first kappa shape index (κ1) is 21.1. The maximum atomic E-state index is 13.6. The molecule has 162 valence electrons. The summed E-state index contributed by atoms with van der Waals surface area (Å²) in [6.07, 6.45) is 0. The first-order valence-electron chi connectivity index (χ1n) is 10.1. The van der Waals surface area contributed by atoms with Gasteiger partial charge in [-0.25, -0.2) is 9.97 Å². The Morgan fingerprint density at radius 2 is 1.88 bits per heavy atom. The number of hydrogen-bond acceptors (Lipinski definition) is 6. The molecule has 5 rings (SSSR count). The van der Waals surface area contributed by atoms with E-state index >= 15 is 0 Å². The van der Waals surface area contributed by atoms with Gasteiger partial charge in [-0.2, -0.15) is 5.10 Å². The lowest BCUT2D eigenvalue weighted by Gasteiger charge is -2.19. The summed E-state index contributed by atoms with van der Waals surface area (Å²) in [7, 11) is 0. The maximum absolute atomic E-state index is 13.6. The van der Waals surface area contributed by atoms with Crippen molar-refractivity contribution in [3.63, 3.8) is 0 Å². The molecule has 0 spiro atoms. The monoisotopic (exact) mass is 481 g/mol. The largest absolute Gasteiger partial charge is 0.289 e. The van der Waals surface area contributed by atoms with Crippen molar-refractivity contribution in [1.82, 2.24) is 19.7 Å². The third-order valence-corrected chi connectivity index (χ3v) is 7.50. The first-order chi connectivity index (χ1) is 15.4. The van der Waals surface area contributed by atoms with Crippen molar-refractivity contribution in [2.75, 3.05) is 11.4 Å². The Labute approximate surface area is 198 Å². The quantitative estimate of drug-likeness (QED) is 0.307. The van der Waals surface area contributed by atoms with Gasteiger partial charge in [-0.3, -0.25) is 14.4 Å². The van der Waals surface area contributed by atoms with Crippen LogP contribution < -0.4 is 4.90 Å². The minimum Gasteiger partial charge on any atom is -0.280 e. The van der Waals surface area contributed by atoms with Crippen LogP contribution in [0.25, 0.3) is 20.4 Å². The average Bonchev–Trinajstić information content (AvgIpc) is 3.44. The average molecular weight is 482 g/mol. The molecule has 0 unspecified atom stereocenters. The molecule has 0 saturated carbocycles. The Balaban J connectivity index is 1.55. The van der Waals surface area contributed by atoms with Gasteiger partial charge in [-0.05, 0) is 56.7 Å². The highest BCUT2D eigenvalue weighted by Crippen LogP contribution is 2.34. The van der Waals surface area contributed by atoms with Gasteiger partial charge in [0.2, 0.25) is 0 Å². The highest BCUT2D eigenvalue weighted by Gasteiger charge is 2.25. The predicted octanol–water partition coefficient (Wildman–Crippen LogP) is 6.03. The van der Waals surface area contributed by atoms with Crippen molar-refractivity contribution in [1.29, 1.82) is 0 Å². The highest BCUT2D eigenvalue weighted by molar-refractivity contribution is 7.23. The summed E-state index contributed by atoms with van der Waals surface area (Å²) < 4.78 is 3.86. The summed E-state index contributed by atoms with van der Waals surface area (Å²) in [4.78, 5) is 24.7. The van der Waals surface area contributed by atoms with E-state index in [-0.39, 0.29) is 5.91 Å². The van der Waals surface area contributed by atoms with Crippen LogP contribution in [0.1, 0.15) is 26.8 Å². The number of amides is 1. The molecule has 0 saturated heterocycles. The fraction of sp³-hybridized carbons (Fsp3) is 0.217. The smallest absolute Gasteiger partial charge is 0.280 e. The fourth-order valence-corrected chi connectivity index (χ4v) is 6.08. The lowest BCUT2D eigenvalue weighted by molar-refractivity contribution is 0.0985. The predicted molar refractivity (Wildman–Crippen MR) is 132 cm³/mol. The molecule has 3 heterocycles. The minimum atomic E-state index is -0.157. The third kappa shape index (κ3) is 3.90. The van der Waals surface area contributed by atoms with Gasteiger partial charge >= 0.3 is 0 Å². The Kier molecular flexibility index (Phi) is 5.44. The van der Waals surface area contributed by atoms with Crippen LogP contribution in [-0.2, 0) is 6.54 Å². The zero-order valence-corrected chi connectivity index (χ0v) is 20.2. The third-order valence-electron chi connectivity index (χ3n) is 5.23. The summed E-state index contributed by atoms with van der Waals surface area (Å²) in [5.41, 5.74) is 4.69. The molecule has 0 aliphatic rings. The number of anilines is 1. The van der Waals surface area contributed by atoms with Crippen molar-refractivity contribution in [3.8, 4) is 0 Å². The number of hydrogen-bond donors (Lipinski definition) is 0. The molecule has 9 heteroatoms. The van der Waals surface area contributed by atoms with E-state index in [1.807, 2.05) is 67.9 Å². The molecule has 0 aliphatic carbocycles. The molecule has 2 aromatic carbocycles. The SMILES string of the molecule is Cc1cc(C)n(CCN(C(=O)c2nc3ccccc3s2)c2nc3c(C)cc(Cl)cc3s2)n1. The van der Waals surface area contributed by atoms with Crippen molar-refractivity contribution in [2.24, 2.45) is 0 Å². The van der Waals surface area contributed by atoms with Gasteiger partial charge < -0.3 is 0 Å². The Bertz CT molecular complexity index is 1440. The second-order valence-electron chi connectivity index (χ2n) is 7.66. The van der Waals surface area contributed by atoms with E-state index in [0.29, 0.717) is 28.3 Å². The van der Waals surface area contributed by atoms with Gasteiger partial charge in [0, 0.05) is 17.3 Å². The highest BCUT2D eigenvalue weighted by atomic mass is 35.5. The number of nitrogens with zero attached hydrogens (tertiary/aromatic N) is 5. The van der Waals surface area contributed by atoms with Crippen LogP contribution in [0.4, 0.5) is 5.13 Å². The summed E-state index contributed by atoms with van der Waals surface area (Å²) in [5, 5.41) is 6.29. The summed E-state index contributed by atoms with van der Waals surface area (Å²) in [6.45, 7) is 6.96. The van der Waals surface area contributed by atoms with Crippen LogP contribution in [0.15, 0.2) is 42.5 Å². The zero-order valence-electron chi connectivity index (χ0n) is 17.8.